The molecule has 0 bridgehead atoms. The van der Waals surface area contributed by atoms with Gasteiger partial charge in [0.2, 0.25) is 0 Å². The van der Waals surface area contributed by atoms with Crippen molar-refractivity contribution in [1.29, 1.82) is 5.26 Å². The summed E-state index contributed by atoms with van der Waals surface area (Å²) >= 11 is 0. The van der Waals surface area contributed by atoms with E-state index >= 15 is 0 Å². The van der Waals surface area contributed by atoms with Crippen LogP contribution in [-0.4, -0.2) is 28.9 Å². The number of nitrogens with two attached hydrogens (primary N) is 1. The van der Waals surface area contributed by atoms with Crippen LogP contribution in [0.5, 0.6) is 0 Å². The SMILES string of the molecule is CCC1CN(c2c(C#N)c(C)nn2C)CCC1N. The molecule has 0 aromatic carbocycles. The molecule has 0 aliphatic carbocycles. The Morgan fingerprint density at radius 1 is 1.56 bits per heavy atom. The number of aryl methyl sites for hydroxylation is 2. The Morgan fingerprint density at radius 3 is 2.89 bits per heavy atom. The van der Waals surface area contributed by atoms with Gasteiger partial charge in [0.15, 0.2) is 0 Å². The molecule has 0 saturated carbocycles. The lowest BCUT2D eigenvalue weighted by atomic mass is 9.90. The van der Waals surface area contributed by atoms with Crippen LogP contribution in [0.25, 0.3) is 0 Å². The Balaban J connectivity index is 2.30. The van der Waals surface area contributed by atoms with Crippen LogP contribution in [-0.2, 0) is 7.05 Å². The number of aromatic nitrogens is 2. The third-order valence-corrected chi connectivity index (χ3v) is 3.92. The summed E-state index contributed by atoms with van der Waals surface area (Å²) < 4.78 is 1.82. The molecule has 5 nitrogen and oxygen atoms in total. The van der Waals surface area contributed by atoms with Gasteiger partial charge >= 0.3 is 0 Å². The van der Waals surface area contributed by atoms with E-state index in [4.69, 9.17) is 5.73 Å². The van der Waals surface area contributed by atoms with Crippen LogP contribution < -0.4 is 10.6 Å². The van der Waals surface area contributed by atoms with Crippen LogP contribution in [0.4, 0.5) is 5.82 Å². The standard InChI is InChI=1S/C13H21N5/c1-4-10-8-18(6-5-12(10)15)13-11(7-14)9(2)16-17(13)3/h10,12H,4-6,8,15H2,1-3H3. The van der Waals surface area contributed by atoms with Crippen LogP contribution in [0.15, 0.2) is 0 Å². The second-order valence-corrected chi connectivity index (χ2v) is 5.09. The van der Waals surface area contributed by atoms with Gasteiger partial charge in [0, 0.05) is 26.2 Å². The van der Waals surface area contributed by atoms with E-state index in [1.165, 1.54) is 0 Å². The molecular formula is C13H21N5. The van der Waals surface area contributed by atoms with E-state index in [2.05, 4.69) is 23.0 Å². The maximum Gasteiger partial charge on any atom is 0.144 e. The number of nitrogens with zero attached hydrogens (tertiary/aromatic N) is 4. The third kappa shape index (κ3) is 2.08. The van der Waals surface area contributed by atoms with Crippen molar-refractivity contribution >= 4 is 5.82 Å². The molecule has 1 aliphatic heterocycles. The molecular weight excluding hydrogens is 226 g/mol. The summed E-state index contributed by atoms with van der Waals surface area (Å²) in [4.78, 5) is 2.26. The molecule has 98 valence electrons. The van der Waals surface area contributed by atoms with Crippen molar-refractivity contribution in [3.05, 3.63) is 11.3 Å². The number of nitriles is 1. The average Bonchev–Trinajstić information content (AvgIpc) is 2.64. The lowest BCUT2D eigenvalue weighted by molar-refractivity contribution is 0.345. The third-order valence-electron chi connectivity index (χ3n) is 3.92. The minimum Gasteiger partial charge on any atom is -0.355 e. The molecule has 1 saturated heterocycles. The Labute approximate surface area is 108 Å². The zero-order valence-corrected chi connectivity index (χ0v) is 11.3. The van der Waals surface area contributed by atoms with Crippen LogP contribution in [0, 0.1) is 24.2 Å². The van der Waals surface area contributed by atoms with E-state index < -0.39 is 0 Å². The molecule has 5 heteroatoms. The number of piperidine rings is 1. The van der Waals surface area contributed by atoms with Crippen molar-refractivity contribution in [2.75, 3.05) is 18.0 Å². The first-order valence-electron chi connectivity index (χ1n) is 6.52. The maximum atomic E-state index is 9.26. The summed E-state index contributed by atoms with van der Waals surface area (Å²) in [6.45, 7) is 5.89. The van der Waals surface area contributed by atoms with E-state index in [-0.39, 0.29) is 6.04 Å². The Kier molecular flexibility index (Phi) is 3.58. The lowest BCUT2D eigenvalue weighted by Crippen LogP contribution is -2.47. The molecule has 1 fully saturated rings. The molecule has 2 heterocycles. The summed E-state index contributed by atoms with van der Waals surface area (Å²) in [6, 6.07) is 2.55. The van der Waals surface area contributed by atoms with Gasteiger partial charge in [-0.3, -0.25) is 4.68 Å². The van der Waals surface area contributed by atoms with Gasteiger partial charge in [-0.1, -0.05) is 13.3 Å². The molecule has 2 atom stereocenters. The van der Waals surface area contributed by atoms with Crippen molar-refractivity contribution < 1.29 is 0 Å². The van der Waals surface area contributed by atoms with E-state index in [1.54, 1.807) is 0 Å². The van der Waals surface area contributed by atoms with E-state index in [1.807, 2.05) is 18.7 Å². The highest BCUT2D eigenvalue weighted by Gasteiger charge is 2.29. The molecule has 1 aliphatic rings. The van der Waals surface area contributed by atoms with Crippen molar-refractivity contribution in [3.63, 3.8) is 0 Å². The van der Waals surface area contributed by atoms with Gasteiger partial charge in [-0.05, 0) is 19.3 Å². The predicted octanol–water partition coefficient (Wildman–Crippen LogP) is 1.16. The van der Waals surface area contributed by atoms with Crippen molar-refractivity contribution in [2.45, 2.75) is 32.7 Å². The summed E-state index contributed by atoms with van der Waals surface area (Å²) in [7, 11) is 1.90. The molecule has 1 aromatic heterocycles. The van der Waals surface area contributed by atoms with Gasteiger partial charge in [-0.2, -0.15) is 10.4 Å². The van der Waals surface area contributed by atoms with Crippen LogP contribution in [0.2, 0.25) is 0 Å². The minimum absolute atomic E-state index is 0.283. The van der Waals surface area contributed by atoms with Crippen molar-refractivity contribution in [1.82, 2.24) is 9.78 Å². The quantitative estimate of drug-likeness (QED) is 0.851. The van der Waals surface area contributed by atoms with Gasteiger partial charge in [0.05, 0.1) is 5.69 Å². The van der Waals surface area contributed by atoms with Gasteiger partial charge in [0.25, 0.3) is 0 Å². The van der Waals surface area contributed by atoms with E-state index in [0.717, 1.165) is 37.4 Å². The highest BCUT2D eigenvalue weighted by atomic mass is 15.4. The fourth-order valence-corrected chi connectivity index (χ4v) is 2.81. The first kappa shape index (κ1) is 12.9. The highest BCUT2D eigenvalue weighted by molar-refractivity contribution is 5.57. The van der Waals surface area contributed by atoms with Crippen LogP contribution >= 0.6 is 0 Å². The zero-order valence-electron chi connectivity index (χ0n) is 11.3. The lowest BCUT2D eigenvalue weighted by Gasteiger charge is -2.37. The zero-order chi connectivity index (χ0) is 13.3. The number of rotatable bonds is 2. The molecule has 0 radical (unpaired) electrons. The van der Waals surface area contributed by atoms with Gasteiger partial charge in [-0.15, -0.1) is 0 Å². The van der Waals surface area contributed by atoms with Crippen LogP contribution in [0.3, 0.4) is 0 Å². The van der Waals surface area contributed by atoms with E-state index in [0.29, 0.717) is 11.5 Å². The van der Waals surface area contributed by atoms with Gasteiger partial charge in [0.1, 0.15) is 17.5 Å². The molecule has 2 rings (SSSR count). The molecule has 18 heavy (non-hydrogen) atoms. The maximum absolute atomic E-state index is 9.26. The Morgan fingerprint density at radius 2 is 2.28 bits per heavy atom. The molecule has 1 aromatic rings. The first-order valence-corrected chi connectivity index (χ1v) is 6.52. The largest absolute Gasteiger partial charge is 0.355 e. The van der Waals surface area contributed by atoms with E-state index in [9.17, 15) is 5.26 Å². The van der Waals surface area contributed by atoms with Crippen LogP contribution in [0.1, 0.15) is 31.0 Å². The fraction of sp³-hybridized carbons (Fsp3) is 0.692. The Hall–Kier alpha value is -1.54. The number of hydrogen-bond acceptors (Lipinski definition) is 4. The highest BCUT2D eigenvalue weighted by Crippen LogP contribution is 2.28. The number of hydrogen-bond donors (Lipinski definition) is 1. The smallest absolute Gasteiger partial charge is 0.144 e. The normalized spacial score (nSPS) is 24.1. The summed E-state index contributed by atoms with van der Waals surface area (Å²) in [5, 5.41) is 13.6. The monoisotopic (exact) mass is 247 g/mol. The average molecular weight is 247 g/mol. The van der Waals surface area contributed by atoms with Gasteiger partial charge < -0.3 is 10.6 Å². The summed E-state index contributed by atoms with van der Waals surface area (Å²) in [5.74, 6) is 1.45. The summed E-state index contributed by atoms with van der Waals surface area (Å²) in [6.07, 6.45) is 2.06. The van der Waals surface area contributed by atoms with Crippen molar-refractivity contribution in [3.8, 4) is 6.07 Å². The number of anilines is 1. The first-order chi connectivity index (χ1) is 8.58. The molecule has 0 spiro atoms. The van der Waals surface area contributed by atoms with Gasteiger partial charge in [-0.25, -0.2) is 0 Å². The molecule has 2 unspecified atom stereocenters. The Bertz CT molecular complexity index is 470. The summed E-state index contributed by atoms with van der Waals surface area (Å²) in [5.41, 5.74) is 7.63. The fourth-order valence-electron chi connectivity index (χ4n) is 2.81. The second kappa shape index (κ2) is 4.99. The molecule has 2 N–H and O–H groups in total. The molecule has 0 amide bonds. The second-order valence-electron chi connectivity index (χ2n) is 5.09. The minimum atomic E-state index is 0.283. The predicted molar refractivity (Wildman–Crippen MR) is 71.2 cm³/mol. The topological polar surface area (TPSA) is 70.9 Å². The van der Waals surface area contributed by atoms with Crippen molar-refractivity contribution in [2.24, 2.45) is 18.7 Å².